The SMILES string of the molecule is CC[C@]1(C)O[C@@H]1CC/C(C)=C/CC/C(C)=C/C(=O)O. The van der Waals surface area contributed by atoms with Gasteiger partial charge in [0.2, 0.25) is 0 Å². The number of allylic oxidation sites excluding steroid dienone is 3. The van der Waals surface area contributed by atoms with Crippen LogP contribution in [0.15, 0.2) is 23.3 Å². The molecule has 1 N–H and O–H groups in total. The molecule has 0 saturated carbocycles. The van der Waals surface area contributed by atoms with Crippen LogP contribution in [0.1, 0.15) is 59.8 Å². The molecular weight excluding hydrogens is 240 g/mol. The molecule has 108 valence electrons. The Balaban J connectivity index is 2.21. The minimum absolute atomic E-state index is 0.126. The van der Waals surface area contributed by atoms with E-state index in [9.17, 15) is 4.79 Å². The molecule has 1 aliphatic heterocycles. The van der Waals surface area contributed by atoms with Crippen LogP contribution < -0.4 is 0 Å². The van der Waals surface area contributed by atoms with Crippen LogP contribution in [-0.2, 0) is 9.53 Å². The molecule has 2 atom stereocenters. The molecule has 0 aromatic heterocycles. The standard InChI is InChI=1S/C16H26O3/c1-5-16(4)14(19-16)10-9-12(2)7-6-8-13(3)11-15(17)18/h7,11,14H,5-6,8-10H2,1-4H3,(H,17,18)/b12-7+,13-11+/t14-,16+/m1/s1. The van der Waals surface area contributed by atoms with Crippen LogP contribution in [0.5, 0.6) is 0 Å². The monoisotopic (exact) mass is 266 g/mol. The first-order chi connectivity index (χ1) is 8.87. The lowest BCUT2D eigenvalue weighted by molar-refractivity contribution is -0.131. The second-order valence-electron chi connectivity index (χ2n) is 5.73. The Morgan fingerprint density at radius 2 is 2.00 bits per heavy atom. The smallest absolute Gasteiger partial charge is 0.328 e. The van der Waals surface area contributed by atoms with Crippen molar-refractivity contribution in [1.82, 2.24) is 0 Å². The lowest BCUT2D eigenvalue weighted by Gasteiger charge is -2.03. The first-order valence-electron chi connectivity index (χ1n) is 7.11. The highest BCUT2D eigenvalue weighted by molar-refractivity contribution is 5.80. The molecule has 1 aliphatic rings. The molecule has 0 spiro atoms. The fourth-order valence-corrected chi connectivity index (χ4v) is 2.26. The normalized spacial score (nSPS) is 27.5. The van der Waals surface area contributed by atoms with Crippen molar-refractivity contribution in [3.8, 4) is 0 Å². The Labute approximate surface area is 116 Å². The van der Waals surface area contributed by atoms with Crippen LogP contribution in [0, 0.1) is 0 Å². The van der Waals surface area contributed by atoms with Gasteiger partial charge in [0, 0.05) is 6.08 Å². The van der Waals surface area contributed by atoms with E-state index in [1.54, 1.807) is 0 Å². The van der Waals surface area contributed by atoms with Gasteiger partial charge in [-0.3, -0.25) is 0 Å². The number of hydrogen-bond donors (Lipinski definition) is 1. The highest BCUT2D eigenvalue weighted by atomic mass is 16.6. The molecule has 0 unspecified atom stereocenters. The highest BCUT2D eigenvalue weighted by Crippen LogP contribution is 2.42. The zero-order chi connectivity index (χ0) is 14.5. The van der Waals surface area contributed by atoms with Gasteiger partial charge in [0.1, 0.15) is 0 Å². The average Bonchev–Trinajstić information content (AvgIpc) is 2.98. The molecule has 3 nitrogen and oxygen atoms in total. The molecule has 3 heteroatoms. The predicted molar refractivity (Wildman–Crippen MR) is 77.2 cm³/mol. The topological polar surface area (TPSA) is 49.8 Å². The van der Waals surface area contributed by atoms with Gasteiger partial charge in [-0.05, 0) is 52.9 Å². The Morgan fingerprint density at radius 1 is 1.32 bits per heavy atom. The van der Waals surface area contributed by atoms with Gasteiger partial charge in [-0.1, -0.05) is 24.1 Å². The van der Waals surface area contributed by atoms with Gasteiger partial charge in [-0.15, -0.1) is 0 Å². The van der Waals surface area contributed by atoms with Crippen LogP contribution in [0.3, 0.4) is 0 Å². The third-order valence-corrected chi connectivity index (χ3v) is 3.94. The number of carboxylic acid groups (broad SMARTS) is 1. The van der Waals surface area contributed by atoms with Gasteiger partial charge in [0.15, 0.2) is 0 Å². The maximum atomic E-state index is 10.5. The van der Waals surface area contributed by atoms with Gasteiger partial charge >= 0.3 is 5.97 Å². The van der Waals surface area contributed by atoms with E-state index in [1.165, 1.54) is 11.6 Å². The van der Waals surface area contributed by atoms with Gasteiger partial charge in [0.05, 0.1) is 11.7 Å². The van der Waals surface area contributed by atoms with E-state index in [0.717, 1.165) is 37.7 Å². The zero-order valence-corrected chi connectivity index (χ0v) is 12.5. The van der Waals surface area contributed by atoms with Crippen molar-refractivity contribution < 1.29 is 14.6 Å². The molecule has 1 saturated heterocycles. The first-order valence-corrected chi connectivity index (χ1v) is 7.11. The second-order valence-corrected chi connectivity index (χ2v) is 5.73. The van der Waals surface area contributed by atoms with Crippen LogP contribution >= 0.6 is 0 Å². The summed E-state index contributed by atoms with van der Waals surface area (Å²) in [5, 5.41) is 8.61. The van der Waals surface area contributed by atoms with Crippen molar-refractivity contribution in [2.45, 2.75) is 71.5 Å². The van der Waals surface area contributed by atoms with Crippen LogP contribution in [0.2, 0.25) is 0 Å². The predicted octanol–water partition coefficient (Wildman–Crippen LogP) is 4.09. The lowest BCUT2D eigenvalue weighted by Crippen LogP contribution is -2.07. The van der Waals surface area contributed by atoms with Crippen molar-refractivity contribution in [1.29, 1.82) is 0 Å². The third kappa shape index (κ3) is 5.60. The summed E-state index contributed by atoms with van der Waals surface area (Å²) in [6.45, 7) is 8.35. The first kappa shape index (κ1) is 16.0. The van der Waals surface area contributed by atoms with Crippen LogP contribution in [0.25, 0.3) is 0 Å². The average molecular weight is 266 g/mol. The molecule has 0 aliphatic carbocycles. The number of carboxylic acids is 1. The summed E-state index contributed by atoms with van der Waals surface area (Å²) in [6.07, 6.45) is 8.90. The maximum Gasteiger partial charge on any atom is 0.328 e. The molecule has 0 aromatic rings. The molecule has 1 heterocycles. The molecule has 19 heavy (non-hydrogen) atoms. The lowest BCUT2D eigenvalue weighted by atomic mass is 9.99. The summed E-state index contributed by atoms with van der Waals surface area (Å²) in [7, 11) is 0. The van der Waals surface area contributed by atoms with E-state index in [2.05, 4.69) is 26.8 Å². The van der Waals surface area contributed by atoms with E-state index in [-0.39, 0.29) is 5.60 Å². The van der Waals surface area contributed by atoms with E-state index in [4.69, 9.17) is 9.84 Å². The van der Waals surface area contributed by atoms with Crippen LogP contribution in [0.4, 0.5) is 0 Å². The molecule has 0 amide bonds. The number of aliphatic carboxylic acids is 1. The molecule has 0 aromatic carbocycles. The van der Waals surface area contributed by atoms with E-state index in [0.29, 0.717) is 6.10 Å². The molecule has 0 bridgehead atoms. The number of ether oxygens (including phenoxy) is 1. The van der Waals surface area contributed by atoms with E-state index in [1.807, 2.05) is 6.92 Å². The fraction of sp³-hybridized carbons (Fsp3) is 0.688. The van der Waals surface area contributed by atoms with Crippen LogP contribution in [-0.4, -0.2) is 22.8 Å². The summed E-state index contributed by atoms with van der Waals surface area (Å²) >= 11 is 0. The number of hydrogen-bond acceptors (Lipinski definition) is 2. The minimum atomic E-state index is -0.858. The Bertz CT molecular complexity index is 381. The quantitative estimate of drug-likeness (QED) is 0.409. The second kappa shape index (κ2) is 6.90. The zero-order valence-electron chi connectivity index (χ0n) is 12.5. The molecule has 1 fully saturated rings. The van der Waals surface area contributed by atoms with Crippen molar-refractivity contribution in [2.24, 2.45) is 0 Å². The van der Waals surface area contributed by atoms with Crippen molar-refractivity contribution in [3.63, 3.8) is 0 Å². The fourth-order valence-electron chi connectivity index (χ4n) is 2.26. The summed E-state index contributed by atoms with van der Waals surface area (Å²) < 4.78 is 5.69. The largest absolute Gasteiger partial charge is 0.478 e. The number of rotatable bonds is 8. The Hall–Kier alpha value is -1.09. The van der Waals surface area contributed by atoms with Gasteiger partial charge in [-0.2, -0.15) is 0 Å². The molecular formula is C16H26O3. The minimum Gasteiger partial charge on any atom is -0.478 e. The Kier molecular flexibility index (Phi) is 5.80. The summed E-state index contributed by atoms with van der Waals surface area (Å²) in [5.41, 5.74) is 2.42. The highest BCUT2D eigenvalue weighted by Gasteiger charge is 2.49. The van der Waals surface area contributed by atoms with Crippen molar-refractivity contribution >= 4 is 5.97 Å². The van der Waals surface area contributed by atoms with E-state index < -0.39 is 5.97 Å². The van der Waals surface area contributed by atoms with E-state index >= 15 is 0 Å². The maximum absolute atomic E-state index is 10.5. The third-order valence-electron chi connectivity index (χ3n) is 3.94. The van der Waals surface area contributed by atoms with Gasteiger partial charge < -0.3 is 9.84 Å². The van der Waals surface area contributed by atoms with Crippen molar-refractivity contribution in [2.75, 3.05) is 0 Å². The van der Waals surface area contributed by atoms with Crippen molar-refractivity contribution in [3.05, 3.63) is 23.3 Å². The van der Waals surface area contributed by atoms with Gasteiger partial charge in [-0.25, -0.2) is 4.79 Å². The summed E-state index contributed by atoms with van der Waals surface area (Å²) in [4.78, 5) is 10.5. The molecule has 1 rings (SSSR count). The Morgan fingerprint density at radius 3 is 2.53 bits per heavy atom. The summed E-state index contributed by atoms with van der Waals surface area (Å²) in [6, 6.07) is 0. The number of carbonyl (C=O) groups is 1. The summed E-state index contributed by atoms with van der Waals surface area (Å²) in [5.74, 6) is -0.858. The van der Waals surface area contributed by atoms with Gasteiger partial charge in [0.25, 0.3) is 0 Å². The molecule has 0 radical (unpaired) electrons. The number of epoxide rings is 1.